The average molecular weight is 416 g/mol. The summed E-state index contributed by atoms with van der Waals surface area (Å²) in [7, 11) is 0. The molecule has 4 nitrogen and oxygen atoms in total. The molecule has 0 aliphatic rings. The van der Waals surface area contributed by atoms with Crippen molar-refractivity contribution < 1.29 is 0 Å². The quantitative estimate of drug-likeness (QED) is 0.364. The number of pyridine rings is 1. The Morgan fingerprint density at radius 1 is 0.931 bits per heavy atom. The summed E-state index contributed by atoms with van der Waals surface area (Å²) in [5.74, 6) is 0. The predicted molar refractivity (Wildman–Crippen MR) is 120 cm³/mol. The van der Waals surface area contributed by atoms with E-state index in [1.165, 1.54) is 4.57 Å². The number of benzene rings is 3. The minimum Gasteiger partial charge on any atom is -0.331 e. The SMILES string of the molecule is O=c1c2ccc(-c3ccccc3Cl)cc2[nH]c(=S)n1-c1cncc2ccccc12. The average Bonchev–Trinajstić information content (AvgIpc) is 2.74. The van der Waals surface area contributed by atoms with Gasteiger partial charge in [0.1, 0.15) is 0 Å². The molecule has 6 heteroatoms. The van der Waals surface area contributed by atoms with Crippen molar-refractivity contribution in [3.05, 3.63) is 99.3 Å². The van der Waals surface area contributed by atoms with Crippen LogP contribution in [0.1, 0.15) is 0 Å². The fourth-order valence-corrected chi connectivity index (χ4v) is 4.11. The zero-order valence-corrected chi connectivity index (χ0v) is 16.7. The molecule has 2 heterocycles. The van der Waals surface area contributed by atoms with Crippen LogP contribution in [0.3, 0.4) is 0 Å². The number of nitrogens with zero attached hydrogens (tertiary/aromatic N) is 2. The molecular formula is C23H14ClN3OS. The minimum atomic E-state index is -0.187. The standard InChI is InChI=1S/C23H14ClN3OS/c24-19-8-4-3-6-16(19)14-9-10-18-20(11-14)26-23(29)27(22(18)28)21-13-25-12-15-5-1-2-7-17(15)21/h1-13H,(H,26,29). The monoisotopic (exact) mass is 415 g/mol. The van der Waals surface area contributed by atoms with E-state index >= 15 is 0 Å². The Hall–Kier alpha value is -3.28. The van der Waals surface area contributed by atoms with E-state index in [4.69, 9.17) is 23.8 Å². The molecule has 0 unspecified atom stereocenters. The lowest BCUT2D eigenvalue weighted by Gasteiger charge is -2.11. The van der Waals surface area contributed by atoms with Crippen LogP contribution in [-0.4, -0.2) is 14.5 Å². The van der Waals surface area contributed by atoms with Crippen LogP contribution in [0.25, 0.3) is 38.5 Å². The molecule has 2 aromatic heterocycles. The number of hydrogen-bond donors (Lipinski definition) is 1. The summed E-state index contributed by atoms with van der Waals surface area (Å²) in [6.07, 6.45) is 3.44. The molecule has 0 fully saturated rings. The van der Waals surface area contributed by atoms with E-state index < -0.39 is 0 Å². The molecule has 0 aliphatic carbocycles. The van der Waals surface area contributed by atoms with Gasteiger partial charge in [-0.25, -0.2) is 0 Å². The molecule has 0 atom stereocenters. The van der Waals surface area contributed by atoms with E-state index in [0.717, 1.165) is 21.9 Å². The second kappa shape index (κ2) is 6.95. The molecule has 0 spiro atoms. The number of halogens is 1. The zero-order valence-electron chi connectivity index (χ0n) is 15.1. The minimum absolute atomic E-state index is 0.187. The first kappa shape index (κ1) is 17.8. The fourth-order valence-electron chi connectivity index (χ4n) is 3.58. The van der Waals surface area contributed by atoms with E-state index in [2.05, 4.69) is 9.97 Å². The topological polar surface area (TPSA) is 50.7 Å². The summed E-state index contributed by atoms with van der Waals surface area (Å²) in [6.45, 7) is 0. The summed E-state index contributed by atoms with van der Waals surface area (Å²) in [5.41, 5.74) is 2.96. The fraction of sp³-hybridized carbons (Fsp3) is 0. The number of H-pyrrole nitrogens is 1. The van der Waals surface area contributed by atoms with Crippen LogP contribution in [0, 0.1) is 4.77 Å². The highest BCUT2D eigenvalue weighted by molar-refractivity contribution is 7.71. The largest absolute Gasteiger partial charge is 0.331 e. The normalized spacial score (nSPS) is 11.2. The van der Waals surface area contributed by atoms with Crippen molar-refractivity contribution in [2.24, 2.45) is 0 Å². The molecule has 0 aliphatic heterocycles. The number of nitrogens with one attached hydrogen (secondary N) is 1. The highest BCUT2D eigenvalue weighted by Gasteiger charge is 2.12. The van der Waals surface area contributed by atoms with Crippen molar-refractivity contribution in [3.8, 4) is 16.8 Å². The maximum absolute atomic E-state index is 13.3. The van der Waals surface area contributed by atoms with Crippen LogP contribution in [0.2, 0.25) is 5.02 Å². The van der Waals surface area contributed by atoms with Gasteiger partial charge < -0.3 is 4.98 Å². The molecular weight excluding hydrogens is 402 g/mol. The van der Waals surface area contributed by atoms with Crippen LogP contribution in [0.15, 0.2) is 83.9 Å². The summed E-state index contributed by atoms with van der Waals surface area (Å²) in [4.78, 5) is 20.8. The number of aromatic amines is 1. The Morgan fingerprint density at radius 3 is 2.59 bits per heavy atom. The molecule has 29 heavy (non-hydrogen) atoms. The Balaban J connectivity index is 1.78. The van der Waals surface area contributed by atoms with E-state index in [1.54, 1.807) is 18.5 Å². The summed E-state index contributed by atoms with van der Waals surface area (Å²) in [5, 5.41) is 3.06. The van der Waals surface area contributed by atoms with Crippen LogP contribution in [-0.2, 0) is 0 Å². The third-order valence-corrected chi connectivity index (χ3v) is 5.58. The molecule has 0 saturated heterocycles. The molecule has 1 N–H and O–H groups in total. The number of hydrogen-bond acceptors (Lipinski definition) is 3. The van der Waals surface area contributed by atoms with Crippen LogP contribution >= 0.6 is 23.8 Å². The molecule has 5 rings (SSSR count). The van der Waals surface area contributed by atoms with E-state index in [-0.39, 0.29) is 5.56 Å². The molecule has 0 bridgehead atoms. The van der Waals surface area contributed by atoms with Gasteiger partial charge in [-0.3, -0.25) is 14.3 Å². The van der Waals surface area contributed by atoms with Gasteiger partial charge in [-0.1, -0.05) is 60.1 Å². The first-order chi connectivity index (χ1) is 14.1. The highest BCUT2D eigenvalue weighted by atomic mass is 35.5. The maximum Gasteiger partial charge on any atom is 0.266 e. The molecule has 0 radical (unpaired) electrons. The van der Waals surface area contributed by atoms with Gasteiger partial charge in [0.2, 0.25) is 0 Å². The van der Waals surface area contributed by atoms with Gasteiger partial charge >= 0.3 is 0 Å². The number of rotatable bonds is 2. The van der Waals surface area contributed by atoms with E-state index in [1.807, 2.05) is 60.7 Å². The molecule has 5 aromatic rings. The van der Waals surface area contributed by atoms with Gasteiger partial charge in [0.15, 0.2) is 4.77 Å². The van der Waals surface area contributed by atoms with Crippen LogP contribution in [0.5, 0.6) is 0 Å². The van der Waals surface area contributed by atoms with Crippen molar-refractivity contribution in [3.63, 3.8) is 0 Å². The summed E-state index contributed by atoms with van der Waals surface area (Å²) >= 11 is 11.9. The number of aromatic nitrogens is 3. The Labute approximate surface area is 176 Å². The first-order valence-corrected chi connectivity index (χ1v) is 9.79. The van der Waals surface area contributed by atoms with Gasteiger partial charge in [0, 0.05) is 27.6 Å². The van der Waals surface area contributed by atoms with Gasteiger partial charge in [-0.2, -0.15) is 0 Å². The van der Waals surface area contributed by atoms with Crippen molar-refractivity contribution >= 4 is 45.5 Å². The second-order valence-corrected chi connectivity index (χ2v) is 7.48. The maximum atomic E-state index is 13.3. The van der Waals surface area contributed by atoms with Crippen LogP contribution in [0.4, 0.5) is 0 Å². The Bertz CT molecular complexity index is 1520. The second-order valence-electron chi connectivity index (χ2n) is 6.69. The molecule has 0 saturated carbocycles. The van der Waals surface area contributed by atoms with Crippen molar-refractivity contribution in [2.45, 2.75) is 0 Å². The molecule has 3 aromatic carbocycles. The van der Waals surface area contributed by atoms with Gasteiger partial charge in [0.25, 0.3) is 5.56 Å². The Kier molecular flexibility index (Phi) is 4.27. The van der Waals surface area contributed by atoms with Crippen LogP contribution < -0.4 is 5.56 Å². The Morgan fingerprint density at radius 2 is 1.72 bits per heavy atom. The summed E-state index contributed by atoms with van der Waals surface area (Å²) in [6, 6.07) is 21.0. The third-order valence-electron chi connectivity index (χ3n) is 4.97. The van der Waals surface area contributed by atoms with Gasteiger partial charge in [-0.05, 0) is 36.0 Å². The lowest BCUT2D eigenvalue weighted by atomic mass is 10.0. The summed E-state index contributed by atoms with van der Waals surface area (Å²) < 4.78 is 1.82. The lowest BCUT2D eigenvalue weighted by Crippen LogP contribution is -2.21. The van der Waals surface area contributed by atoms with E-state index in [0.29, 0.717) is 26.4 Å². The third kappa shape index (κ3) is 2.95. The van der Waals surface area contributed by atoms with Gasteiger partial charge in [-0.15, -0.1) is 0 Å². The zero-order chi connectivity index (χ0) is 20.0. The van der Waals surface area contributed by atoms with E-state index in [9.17, 15) is 4.79 Å². The van der Waals surface area contributed by atoms with Crippen molar-refractivity contribution in [1.29, 1.82) is 0 Å². The molecule has 140 valence electrons. The first-order valence-electron chi connectivity index (χ1n) is 9.00. The molecule has 0 amide bonds. The number of fused-ring (bicyclic) bond motifs is 2. The highest BCUT2D eigenvalue weighted by Crippen LogP contribution is 2.29. The lowest BCUT2D eigenvalue weighted by molar-refractivity contribution is 0.941. The smallest absolute Gasteiger partial charge is 0.266 e. The predicted octanol–water partition coefficient (Wildman–Crippen LogP) is 5.92. The van der Waals surface area contributed by atoms with Crippen molar-refractivity contribution in [2.75, 3.05) is 0 Å². The van der Waals surface area contributed by atoms with Crippen molar-refractivity contribution in [1.82, 2.24) is 14.5 Å². The van der Waals surface area contributed by atoms with Gasteiger partial charge in [0.05, 0.1) is 22.8 Å².